The zero-order valence-electron chi connectivity index (χ0n) is 21.8. The molecule has 1 heterocycles. The second-order valence-electron chi connectivity index (χ2n) is 9.10. The van der Waals surface area contributed by atoms with E-state index in [0.29, 0.717) is 12.2 Å². The largest absolute Gasteiger partial charge is 0.497 e. The Bertz CT molecular complexity index is 1250. The molecule has 0 saturated heterocycles. The molecule has 2 aromatic carbocycles. The van der Waals surface area contributed by atoms with Gasteiger partial charge in [-0.25, -0.2) is 12.7 Å². The molecule has 2 atom stereocenters. The Morgan fingerprint density at radius 1 is 1.08 bits per heavy atom. The molecule has 0 aromatic heterocycles. The molecule has 0 aliphatic carbocycles. The molecule has 0 unspecified atom stereocenters. The van der Waals surface area contributed by atoms with Gasteiger partial charge in [-0.3, -0.25) is 14.4 Å². The van der Waals surface area contributed by atoms with Gasteiger partial charge in [-0.15, -0.1) is 0 Å². The molecular formula is C27H35N3O6S. The van der Waals surface area contributed by atoms with Crippen LogP contribution < -0.4 is 10.1 Å². The number of hydrogen-bond donors (Lipinski definition) is 1. The van der Waals surface area contributed by atoms with Crippen molar-refractivity contribution in [2.45, 2.75) is 70.0 Å². The summed E-state index contributed by atoms with van der Waals surface area (Å²) in [5, 5.41) is 2.96. The maximum absolute atomic E-state index is 13.5. The number of rotatable bonds is 12. The van der Waals surface area contributed by atoms with Crippen molar-refractivity contribution in [2.24, 2.45) is 0 Å². The summed E-state index contributed by atoms with van der Waals surface area (Å²) in [6.07, 6.45) is 1.28. The third-order valence-electron chi connectivity index (χ3n) is 6.54. The van der Waals surface area contributed by atoms with Crippen LogP contribution in [0.4, 0.5) is 0 Å². The third-order valence-corrected chi connectivity index (χ3v) is 8.38. The van der Waals surface area contributed by atoms with Crippen LogP contribution in [0.5, 0.6) is 5.75 Å². The number of ether oxygens (including phenoxy) is 1. The summed E-state index contributed by atoms with van der Waals surface area (Å²) in [5.41, 5.74) is 0.941. The predicted octanol–water partition coefficient (Wildman–Crippen LogP) is 3.34. The molecule has 37 heavy (non-hydrogen) atoms. The minimum absolute atomic E-state index is 0.0151. The van der Waals surface area contributed by atoms with E-state index in [1.807, 2.05) is 39.0 Å². The molecule has 0 bridgehead atoms. The summed E-state index contributed by atoms with van der Waals surface area (Å²) in [4.78, 5) is 40.7. The summed E-state index contributed by atoms with van der Waals surface area (Å²) in [6, 6.07) is 12.6. The van der Waals surface area contributed by atoms with Gasteiger partial charge in [0, 0.05) is 25.6 Å². The Hall–Kier alpha value is -3.40. The molecule has 1 aliphatic rings. The molecule has 0 fully saturated rings. The van der Waals surface area contributed by atoms with E-state index in [9.17, 15) is 22.8 Å². The van der Waals surface area contributed by atoms with Crippen molar-refractivity contribution in [2.75, 3.05) is 13.7 Å². The molecule has 10 heteroatoms. The predicted molar refractivity (Wildman–Crippen MR) is 139 cm³/mol. The number of fused-ring (bicyclic) bond motifs is 1. The second kappa shape index (κ2) is 12.2. The zero-order valence-corrected chi connectivity index (χ0v) is 22.6. The van der Waals surface area contributed by atoms with Gasteiger partial charge in [0.1, 0.15) is 16.7 Å². The molecule has 0 radical (unpaired) electrons. The average Bonchev–Trinajstić information content (AvgIpc) is 3.09. The van der Waals surface area contributed by atoms with E-state index in [1.54, 1.807) is 25.3 Å². The van der Waals surface area contributed by atoms with E-state index in [4.69, 9.17) is 4.74 Å². The molecule has 0 saturated carbocycles. The molecular weight excluding hydrogens is 494 g/mol. The summed E-state index contributed by atoms with van der Waals surface area (Å²) in [6.45, 7) is 5.79. The third kappa shape index (κ3) is 6.30. The van der Waals surface area contributed by atoms with Crippen LogP contribution in [-0.2, 0) is 26.2 Å². The highest BCUT2D eigenvalue weighted by Crippen LogP contribution is 2.30. The fourth-order valence-corrected chi connectivity index (χ4v) is 5.91. The highest BCUT2D eigenvalue weighted by Gasteiger charge is 2.40. The SMILES string of the molecule is CC[C@H](C)NC(=O)[C@H](CC)N(Cc1cccc(OC)c1)C(=O)CCCN1C(=O)c2ccccc2S1(=O)=O. The van der Waals surface area contributed by atoms with Gasteiger partial charge in [0.2, 0.25) is 11.8 Å². The van der Waals surface area contributed by atoms with Gasteiger partial charge in [0.25, 0.3) is 15.9 Å². The molecule has 1 aliphatic heterocycles. The van der Waals surface area contributed by atoms with Crippen molar-refractivity contribution in [1.29, 1.82) is 0 Å². The molecule has 3 rings (SSSR count). The number of amides is 3. The molecule has 200 valence electrons. The Kier molecular flexibility index (Phi) is 9.31. The van der Waals surface area contributed by atoms with E-state index in [-0.39, 0.29) is 54.2 Å². The van der Waals surface area contributed by atoms with Crippen molar-refractivity contribution in [1.82, 2.24) is 14.5 Å². The minimum atomic E-state index is -3.94. The lowest BCUT2D eigenvalue weighted by Crippen LogP contribution is -2.50. The first-order valence-corrected chi connectivity index (χ1v) is 14.0. The van der Waals surface area contributed by atoms with Gasteiger partial charge in [-0.05, 0) is 56.0 Å². The first-order chi connectivity index (χ1) is 17.6. The number of carbonyl (C=O) groups excluding carboxylic acids is 3. The van der Waals surface area contributed by atoms with Crippen LogP contribution in [0.2, 0.25) is 0 Å². The molecule has 0 spiro atoms. The van der Waals surface area contributed by atoms with Crippen molar-refractivity contribution in [3.05, 3.63) is 59.7 Å². The standard InChI is InChI=1S/C27H35N3O6S/c1-5-19(3)28-26(32)23(6-2)29(18-20-11-9-12-21(17-20)36-4)25(31)15-10-16-30-27(33)22-13-7-8-14-24(22)37(30,34)35/h7-9,11-14,17,19,23H,5-6,10,15-16,18H2,1-4H3,(H,28,32)/t19-,23-/m0/s1. The van der Waals surface area contributed by atoms with Gasteiger partial charge >= 0.3 is 0 Å². The average molecular weight is 530 g/mol. The first-order valence-electron chi connectivity index (χ1n) is 12.5. The van der Waals surface area contributed by atoms with E-state index in [2.05, 4.69) is 5.32 Å². The van der Waals surface area contributed by atoms with E-state index < -0.39 is 22.0 Å². The van der Waals surface area contributed by atoms with Crippen molar-refractivity contribution in [3.63, 3.8) is 0 Å². The maximum Gasteiger partial charge on any atom is 0.269 e. The quantitative estimate of drug-likeness (QED) is 0.451. The van der Waals surface area contributed by atoms with Crippen molar-refractivity contribution >= 4 is 27.7 Å². The van der Waals surface area contributed by atoms with Crippen LogP contribution in [0.3, 0.4) is 0 Å². The van der Waals surface area contributed by atoms with Gasteiger partial charge in [-0.1, -0.05) is 38.1 Å². The number of hydrogen-bond acceptors (Lipinski definition) is 6. The van der Waals surface area contributed by atoms with Crippen molar-refractivity contribution in [3.8, 4) is 5.75 Å². The Morgan fingerprint density at radius 2 is 1.81 bits per heavy atom. The van der Waals surface area contributed by atoms with E-state index in [1.165, 1.54) is 17.0 Å². The lowest BCUT2D eigenvalue weighted by Gasteiger charge is -2.31. The Labute approximate surface area is 218 Å². The van der Waals surface area contributed by atoms with Crippen LogP contribution in [0.1, 0.15) is 62.4 Å². The second-order valence-corrected chi connectivity index (χ2v) is 10.9. The number of benzene rings is 2. The number of nitrogens with zero attached hydrogens (tertiary/aromatic N) is 2. The van der Waals surface area contributed by atoms with Crippen LogP contribution in [-0.4, -0.2) is 61.1 Å². The number of sulfonamides is 1. The highest BCUT2D eigenvalue weighted by atomic mass is 32.2. The smallest absolute Gasteiger partial charge is 0.269 e. The van der Waals surface area contributed by atoms with Gasteiger partial charge < -0.3 is 15.0 Å². The maximum atomic E-state index is 13.5. The molecule has 2 aromatic rings. The lowest BCUT2D eigenvalue weighted by atomic mass is 10.1. The fraction of sp³-hybridized carbons (Fsp3) is 0.444. The van der Waals surface area contributed by atoms with Crippen LogP contribution in [0.15, 0.2) is 53.4 Å². The van der Waals surface area contributed by atoms with Gasteiger partial charge in [0.05, 0.1) is 12.7 Å². The lowest BCUT2D eigenvalue weighted by molar-refractivity contribution is -0.141. The van der Waals surface area contributed by atoms with Gasteiger partial charge in [-0.2, -0.15) is 0 Å². The van der Waals surface area contributed by atoms with E-state index in [0.717, 1.165) is 16.3 Å². The van der Waals surface area contributed by atoms with Crippen LogP contribution in [0.25, 0.3) is 0 Å². The molecule has 9 nitrogen and oxygen atoms in total. The summed E-state index contributed by atoms with van der Waals surface area (Å²) in [5.74, 6) is -0.480. The normalized spacial score (nSPS) is 15.6. The highest BCUT2D eigenvalue weighted by molar-refractivity contribution is 7.90. The zero-order chi connectivity index (χ0) is 27.2. The Morgan fingerprint density at radius 3 is 2.46 bits per heavy atom. The van der Waals surface area contributed by atoms with Crippen LogP contribution >= 0.6 is 0 Å². The summed E-state index contributed by atoms with van der Waals surface area (Å²) in [7, 11) is -2.38. The fourth-order valence-electron chi connectivity index (χ4n) is 4.30. The first kappa shape index (κ1) is 28.2. The summed E-state index contributed by atoms with van der Waals surface area (Å²) < 4.78 is 31.8. The van der Waals surface area contributed by atoms with Crippen molar-refractivity contribution < 1.29 is 27.5 Å². The number of nitrogens with one attached hydrogen (secondary N) is 1. The summed E-state index contributed by atoms with van der Waals surface area (Å²) >= 11 is 0. The number of carbonyl (C=O) groups is 3. The van der Waals surface area contributed by atoms with E-state index >= 15 is 0 Å². The van der Waals surface area contributed by atoms with Crippen LogP contribution in [0, 0.1) is 0 Å². The molecule has 3 amide bonds. The molecule has 1 N–H and O–H groups in total. The number of methoxy groups -OCH3 is 1. The minimum Gasteiger partial charge on any atom is -0.497 e. The topological polar surface area (TPSA) is 113 Å². The Balaban J connectivity index is 1.76. The van der Waals surface area contributed by atoms with Gasteiger partial charge in [0.15, 0.2) is 0 Å². The monoisotopic (exact) mass is 529 g/mol.